The molecule has 0 bridgehead atoms. The Morgan fingerprint density at radius 1 is 0.684 bits per heavy atom. The molecular formula is C16H17N3. The summed E-state index contributed by atoms with van der Waals surface area (Å²) in [6.07, 6.45) is 0. The first-order chi connectivity index (χ1) is 9.27. The van der Waals surface area contributed by atoms with Gasteiger partial charge in [-0.3, -0.25) is 0 Å². The number of rotatable bonds is 2. The fourth-order valence-corrected chi connectivity index (χ4v) is 2.88. The van der Waals surface area contributed by atoms with Gasteiger partial charge in [-0.25, -0.2) is 0 Å². The van der Waals surface area contributed by atoms with Gasteiger partial charge in [0, 0.05) is 24.2 Å². The van der Waals surface area contributed by atoms with Gasteiger partial charge in [0.2, 0.25) is 0 Å². The van der Waals surface area contributed by atoms with Crippen LogP contribution in [0.15, 0.2) is 42.5 Å². The summed E-state index contributed by atoms with van der Waals surface area (Å²) in [5.74, 6) is 0. The predicted molar refractivity (Wildman–Crippen MR) is 81.6 cm³/mol. The monoisotopic (exact) mass is 251 g/mol. The third-order valence-corrected chi connectivity index (χ3v) is 3.71. The van der Waals surface area contributed by atoms with E-state index < -0.39 is 0 Å². The zero-order valence-corrected chi connectivity index (χ0v) is 10.7. The number of nitrogens with two attached hydrogens (primary N) is 3. The summed E-state index contributed by atoms with van der Waals surface area (Å²) < 4.78 is 0. The Hall–Kier alpha value is -2.10. The number of anilines is 1. The van der Waals surface area contributed by atoms with Gasteiger partial charge >= 0.3 is 0 Å². The van der Waals surface area contributed by atoms with Gasteiger partial charge in [0.05, 0.1) is 0 Å². The van der Waals surface area contributed by atoms with E-state index in [-0.39, 0.29) is 0 Å². The van der Waals surface area contributed by atoms with Gasteiger partial charge in [0.15, 0.2) is 0 Å². The van der Waals surface area contributed by atoms with Crippen LogP contribution in [-0.2, 0) is 13.1 Å². The summed E-state index contributed by atoms with van der Waals surface area (Å²) in [6, 6.07) is 14.2. The van der Waals surface area contributed by atoms with Gasteiger partial charge < -0.3 is 17.2 Å². The second-order valence-corrected chi connectivity index (χ2v) is 4.68. The van der Waals surface area contributed by atoms with Gasteiger partial charge in [-0.05, 0) is 33.4 Å². The van der Waals surface area contributed by atoms with Gasteiger partial charge in [-0.2, -0.15) is 0 Å². The van der Waals surface area contributed by atoms with Crippen molar-refractivity contribution in [2.24, 2.45) is 11.5 Å². The molecule has 3 nitrogen and oxygen atoms in total. The summed E-state index contributed by atoms with van der Waals surface area (Å²) in [7, 11) is 0. The van der Waals surface area contributed by atoms with Crippen LogP contribution in [0.1, 0.15) is 11.1 Å². The Morgan fingerprint density at radius 2 is 1.26 bits per heavy atom. The average Bonchev–Trinajstić information content (AvgIpc) is 2.45. The third kappa shape index (κ3) is 1.67. The highest BCUT2D eigenvalue weighted by atomic mass is 14.6. The van der Waals surface area contributed by atoms with Crippen molar-refractivity contribution in [2.45, 2.75) is 13.1 Å². The van der Waals surface area contributed by atoms with Crippen molar-refractivity contribution in [2.75, 3.05) is 5.73 Å². The first-order valence-electron chi connectivity index (χ1n) is 6.38. The quantitative estimate of drug-likeness (QED) is 0.483. The molecular weight excluding hydrogens is 234 g/mol. The Balaban J connectivity index is 2.65. The second-order valence-electron chi connectivity index (χ2n) is 4.68. The van der Waals surface area contributed by atoms with Crippen molar-refractivity contribution >= 4 is 27.2 Å². The Morgan fingerprint density at radius 3 is 1.89 bits per heavy atom. The molecule has 96 valence electrons. The average molecular weight is 251 g/mol. The molecule has 0 radical (unpaired) electrons. The van der Waals surface area contributed by atoms with E-state index >= 15 is 0 Å². The topological polar surface area (TPSA) is 78.1 Å². The molecule has 3 aromatic rings. The summed E-state index contributed by atoms with van der Waals surface area (Å²) >= 11 is 0. The first-order valence-corrected chi connectivity index (χ1v) is 6.38. The molecule has 0 aromatic heterocycles. The Bertz CT molecular complexity index is 763. The molecule has 0 unspecified atom stereocenters. The van der Waals surface area contributed by atoms with E-state index in [1.54, 1.807) is 0 Å². The molecule has 0 aliphatic carbocycles. The normalized spacial score (nSPS) is 11.3. The summed E-state index contributed by atoms with van der Waals surface area (Å²) in [5.41, 5.74) is 21.1. The fraction of sp³-hybridized carbons (Fsp3) is 0.125. The lowest BCUT2D eigenvalue weighted by atomic mass is 9.91. The predicted octanol–water partition coefficient (Wildman–Crippen LogP) is 2.49. The first kappa shape index (κ1) is 12.0. The zero-order chi connectivity index (χ0) is 13.4. The highest BCUT2D eigenvalue weighted by Gasteiger charge is 2.13. The van der Waals surface area contributed by atoms with Crippen molar-refractivity contribution in [1.82, 2.24) is 0 Å². The molecule has 0 aliphatic rings. The summed E-state index contributed by atoms with van der Waals surface area (Å²) in [4.78, 5) is 0. The van der Waals surface area contributed by atoms with Gasteiger partial charge in [0.1, 0.15) is 0 Å². The molecule has 0 fully saturated rings. The van der Waals surface area contributed by atoms with Crippen LogP contribution in [0, 0.1) is 0 Å². The molecule has 0 spiro atoms. The zero-order valence-electron chi connectivity index (χ0n) is 10.7. The largest absolute Gasteiger partial charge is 0.398 e. The van der Waals surface area contributed by atoms with E-state index in [2.05, 4.69) is 18.2 Å². The lowest BCUT2D eigenvalue weighted by molar-refractivity contribution is 1.08. The van der Waals surface area contributed by atoms with E-state index in [9.17, 15) is 0 Å². The standard InChI is InChI=1S/C16H17N3/c17-8-13-10-4-1-2-5-11(10)14(9-18)16-12(13)6-3-7-15(16)19/h1-7H,8-9,17-19H2. The third-order valence-electron chi connectivity index (χ3n) is 3.71. The van der Waals surface area contributed by atoms with E-state index in [0.29, 0.717) is 13.1 Å². The fourth-order valence-electron chi connectivity index (χ4n) is 2.88. The maximum absolute atomic E-state index is 6.15. The molecule has 19 heavy (non-hydrogen) atoms. The molecule has 0 aliphatic heterocycles. The number of hydrogen-bond acceptors (Lipinski definition) is 3. The van der Waals surface area contributed by atoms with Gasteiger partial charge in [-0.15, -0.1) is 0 Å². The second kappa shape index (κ2) is 4.53. The van der Waals surface area contributed by atoms with Crippen molar-refractivity contribution in [3.05, 3.63) is 53.6 Å². The van der Waals surface area contributed by atoms with Gasteiger partial charge in [0.25, 0.3) is 0 Å². The lowest BCUT2D eigenvalue weighted by Gasteiger charge is -2.16. The SMILES string of the molecule is NCc1c2ccccc2c(CN)c2c(N)cccc12. The van der Waals surface area contributed by atoms with E-state index in [0.717, 1.165) is 33.0 Å². The molecule has 0 atom stereocenters. The van der Waals surface area contributed by atoms with Crippen LogP contribution in [0.5, 0.6) is 0 Å². The molecule has 3 rings (SSSR count). The van der Waals surface area contributed by atoms with Crippen LogP contribution >= 0.6 is 0 Å². The van der Waals surface area contributed by atoms with Crippen LogP contribution in [0.4, 0.5) is 5.69 Å². The number of fused-ring (bicyclic) bond motifs is 2. The summed E-state index contributed by atoms with van der Waals surface area (Å²) in [5, 5.41) is 4.48. The number of nitrogen functional groups attached to an aromatic ring is 1. The van der Waals surface area contributed by atoms with Gasteiger partial charge in [-0.1, -0.05) is 36.4 Å². The highest BCUT2D eigenvalue weighted by Crippen LogP contribution is 2.35. The van der Waals surface area contributed by atoms with E-state index in [1.165, 1.54) is 5.39 Å². The Labute approximate surface area is 112 Å². The molecule has 0 saturated heterocycles. The minimum atomic E-state index is 0.468. The van der Waals surface area contributed by atoms with Crippen molar-refractivity contribution in [3.63, 3.8) is 0 Å². The molecule has 3 heteroatoms. The summed E-state index contributed by atoms with van der Waals surface area (Å²) in [6.45, 7) is 0.960. The number of benzene rings is 3. The van der Waals surface area contributed by atoms with Crippen molar-refractivity contribution in [1.29, 1.82) is 0 Å². The van der Waals surface area contributed by atoms with Crippen LogP contribution in [0.3, 0.4) is 0 Å². The van der Waals surface area contributed by atoms with Crippen LogP contribution in [0.25, 0.3) is 21.5 Å². The molecule has 3 aromatic carbocycles. The lowest BCUT2D eigenvalue weighted by Crippen LogP contribution is -2.05. The van der Waals surface area contributed by atoms with E-state index in [1.807, 2.05) is 24.3 Å². The minimum Gasteiger partial charge on any atom is -0.398 e. The maximum atomic E-state index is 6.15. The maximum Gasteiger partial charge on any atom is 0.0397 e. The molecule has 0 amide bonds. The van der Waals surface area contributed by atoms with Crippen LogP contribution in [-0.4, -0.2) is 0 Å². The van der Waals surface area contributed by atoms with Crippen LogP contribution < -0.4 is 17.2 Å². The smallest absolute Gasteiger partial charge is 0.0397 e. The van der Waals surface area contributed by atoms with Crippen LogP contribution in [0.2, 0.25) is 0 Å². The Kier molecular flexibility index (Phi) is 2.85. The van der Waals surface area contributed by atoms with Crippen molar-refractivity contribution in [3.8, 4) is 0 Å². The minimum absolute atomic E-state index is 0.468. The molecule has 6 N–H and O–H groups in total. The number of hydrogen-bond donors (Lipinski definition) is 3. The van der Waals surface area contributed by atoms with E-state index in [4.69, 9.17) is 17.2 Å². The highest BCUT2D eigenvalue weighted by molar-refractivity contribution is 6.09. The molecule has 0 saturated carbocycles. The van der Waals surface area contributed by atoms with Crippen molar-refractivity contribution < 1.29 is 0 Å². The molecule has 0 heterocycles.